The molecule has 0 aromatic heterocycles. The normalized spacial score (nSPS) is 18.3. The van der Waals surface area contributed by atoms with Gasteiger partial charge in [0.1, 0.15) is 6.54 Å². The predicted molar refractivity (Wildman–Crippen MR) is 93.6 cm³/mol. The van der Waals surface area contributed by atoms with Crippen molar-refractivity contribution in [3.8, 4) is 0 Å². The summed E-state index contributed by atoms with van der Waals surface area (Å²) in [6.07, 6.45) is 6.88. The summed E-state index contributed by atoms with van der Waals surface area (Å²) in [5, 5.41) is 6.59. The van der Waals surface area contributed by atoms with Gasteiger partial charge >= 0.3 is 0 Å². The summed E-state index contributed by atoms with van der Waals surface area (Å²) in [5.74, 6) is 1.88. The van der Waals surface area contributed by atoms with E-state index in [-0.39, 0.29) is 18.6 Å². The smallest absolute Gasteiger partial charge is 0.243 e. The summed E-state index contributed by atoms with van der Waals surface area (Å²) in [5.41, 5.74) is 0. The van der Waals surface area contributed by atoms with E-state index in [4.69, 9.17) is 4.74 Å². The Balaban J connectivity index is 2.36. The fourth-order valence-electron chi connectivity index (χ4n) is 2.06. The first-order chi connectivity index (χ1) is 10.6. The molecule has 7 heteroatoms. The number of likely N-dealkylation sites (N-methyl/N-ethyl adjacent to an activating group) is 1. The highest BCUT2D eigenvalue weighted by Gasteiger charge is 2.15. The summed E-state index contributed by atoms with van der Waals surface area (Å²) >= 11 is 1.86. The number of carbonyl (C=O) groups is 1. The second-order valence-electron chi connectivity index (χ2n) is 5.60. The molecule has 0 radical (unpaired) electrons. The maximum atomic E-state index is 11.7. The fraction of sp³-hybridized carbons (Fsp3) is 0.867. The summed E-state index contributed by atoms with van der Waals surface area (Å²) < 4.78 is 5.60. The second-order valence-corrected chi connectivity index (χ2v) is 6.58. The molecule has 0 aromatic rings. The Bertz CT molecular complexity index is 344. The molecule has 22 heavy (non-hydrogen) atoms. The van der Waals surface area contributed by atoms with E-state index in [1.807, 2.05) is 11.8 Å². The van der Waals surface area contributed by atoms with E-state index in [1.54, 1.807) is 19.0 Å². The van der Waals surface area contributed by atoms with Gasteiger partial charge in [-0.25, -0.2) is 4.99 Å². The highest BCUT2D eigenvalue weighted by Crippen LogP contribution is 2.10. The van der Waals surface area contributed by atoms with Gasteiger partial charge in [0.15, 0.2) is 5.96 Å². The van der Waals surface area contributed by atoms with E-state index in [1.165, 1.54) is 12.2 Å². The number of hydrogen-bond donors (Lipinski definition) is 2. The van der Waals surface area contributed by atoms with Crippen molar-refractivity contribution in [2.24, 2.45) is 4.99 Å². The Hall–Kier alpha value is -0.950. The van der Waals surface area contributed by atoms with Gasteiger partial charge in [0, 0.05) is 33.8 Å². The van der Waals surface area contributed by atoms with Gasteiger partial charge in [-0.15, -0.1) is 0 Å². The van der Waals surface area contributed by atoms with Crippen LogP contribution in [0.2, 0.25) is 0 Å². The van der Waals surface area contributed by atoms with Crippen LogP contribution in [0.3, 0.4) is 0 Å². The van der Waals surface area contributed by atoms with Crippen molar-refractivity contribution in [2.45, 2.75) is 31.8 Å². The molecule has 6 nitrogen and oxygen atoms in total. The van der Waals surface area contributed by atoms with Crippen LogP contribution in [-0.2, 0) is 9.53 Å². The quantitative estimate of drug-likeness (QED) is 0.374. The van der Waals surface area contributed by atoms with Crippen molar-refractivity contribution in [1.29, 1.82) is 0 Å². The molecule has 1 amide bonds. The summed E-state index contributed by atoms with van der Waals surface area (Å²) in [6.45, 7) is 2.62. The number of rotatable bonds is 9. The monoisotopic (exact) mass is 330 g/mol. The van der Waals surface area contributed by atoms with E-state index in [0.717, 1.165) is 39.0 Å². The maximum Gasteiger partial charge on any atom is 0.243 e. The largest absolute Gasteiger partial charge is 0.376 e. The average molecular weight is 330 g/mol. The van der Waals surface area contributed by atoms with Gasteiger partial charge < -0.3 is 20.3 Å². The van der Waals surface area contributed by atoms with E-state index in [0.29, 0.717) is 5.96 Å². The van der Waals surface area contributed by atoms with Gasteiger partial charge in [0.25, 0.3) is 0 Å². The summed E-state index contributed by atoms with van der Waals surface area (Å²) in [4.78, 5) is 17.6. The van der Waals surface area contributed by atoms with Crippen molar-refractivity contribution < 1.29 is 9.53 Å². The number of unbranched alkanes of at least 4 members (excludes halogenated alkanes) is 1. The van der Waals surface area contributed by atoms with E-state index < -0.39 is 0 Å². The SMILES string of the molecule is CSCCCCNC(=NCC(=O)N(C)C)NCC1CCCO1. The molecule has 0 bridgehead atoms. The summed E-state index contributed by atoms with van der Waals surface area (Å²) in [7, 11) is 3.49. The molecule has 1 fully saturated rings. The van der Waals surface area contributed by atoms with Crippen LogP contribution < -0.4 is 10.6 Å². The molecule has 0 aromatic carbocycles. The van der Waals surface area contributed by atoms with Gasteiger partial charge in [-0.1, -0.05) is 0 Å². The molecule has 1 heterocycles. The van der Waals surface area contributed by atoms with Crippen LogP contribution in [0.5, 0.6) is 0 Å². The van der Waals surface area contributed by atoms with Gasteiger partial charge in [-0.05, 0) is 37.7 Å². The Labute approximate surface area is 138 Å². The maximum absolute atomic E-state index is 11.7. The first-order valence-corrected chi connectivity index (χ1v) is 9.35. The Morgan fingerprint density at radius 1 is 1.36 bits per heavy atom. The van der Waals surface area contributed by atoms with Gasteiger partial charge in [0.2, 0.25) is 5.91 Å². The molecule has 1 aliphatic heterocycles. The lowest BCUT2D eigenvalue weighted by atomic mass is 10.2. The molecule has 1 unspecified atom stereocenters. The van der Waals surface area contributed by atoms with E-state index in [9.17, 15) is 4.79 Å². The Kier molecular flexibility index (Phi) is 10.1. The van der Waals surface area contributed by atoms with Crippen LogP contribution in [0.4, 0.5) is 0 Å². The first kappa shape index (κ1) is 19.1. The van der Waals surface area contributed by atoms with E-state index in [2.05, 4.69) is 21.9 Å². The van der Waals surface area contributed by atoms with Crippen LogP contribution >= 0.6 is 11.8 Å². The molecular formula is C15H30N4O2S. The minimum Gasteiger partial charge on any atom is -0.376 e. The van der Waals surface area contributed by atoms with Gasteiger partial charge in [-0.3, -0.25) is 4.79 Å². The molecule has 1 atom stereocenters. The standard InChI is InChI=1S/C15H30N4O2S/c1-19(2)14(20)12-18-15(16-8-4-5-10-22-3)17-11-13-7-6-9-21-13/h13H,4-12H2,1-3H3,(H2,16,17,18). The zero-order valence-corrected chi connectivity index (χ0v) is 14.9. The van der Waals surface area contributed by atoms with Crippen LogP contribution in [0.25, 0.3) is 0 Å². The third-order valence-corrected chi connectivity index (χ3v) is 4.16. The Morgan fingerprint density at radius 2 is 2.18 bits per heavy atom. The second kappa shape index (κ2) is 11.6. The lowest BCUT2D eigenvalue weighted by molar-refractivity contribution is -0.127. The van der Waals surface area contributed by atoms with Crippen molar-refractivity contribution in [3.63, 3.8) is 0 Å². The van der Waals surface area contributed by atoms with Crippen LogP contribution in [-0.4, -0.2) is 75.2 Å². The Morgan fingerprint density at radius 3 is 2.82 bits per heavy atom. The zero-order chi connectivity index (χ0) is 16.2. The molecule has 0 saturated carbocycles. The number of amides is 1. The third kappa shape index (κ3) is 8.48. The number of nitrogens with zero attached hydrogens (tertiary/aromatic N) is 2. The molecule has 1 saturated heterocycles. The van der Waals surface area contributed by atoms with Crippen molar-refractivity contribution in [1.82, 2.24) is 15.5 Å². The molecule has 128 valence electrons. The minimum atomic E-state index is 0.000555. The van der Waals surface area contributed by atoms with Crippen molar-refractivity contribution in [3.05, 3.63) is 0 Å². The summed E-state index contributed by atoms with van der Waals surface area (Å²) in [6, 6.07) is 0. The molecular weight excluding hydrogens is 300 g/mol. The molecule has 0 spiro atoms. The molecule has 0 aliphatic carbocycles. The number of nitrogens with one attached hydrogen (secondary N) is 2. The van der Waals surface area contributed by atoms with Crippen LogP contribution in [0, 0.1) is 0 Å². The first-order valence-electron chi connectivity index (χ1n) is 7.96. The third-order valence-electron chi connectivity index (χ3n) is 3.46. The number of thioether (sulfide) groups is 1. The van der Waals surface area contributed by atoms with Crippen LogP contribution in [0.15, 0.2) is 4.99 Å². The number of ether oxygens (including phenoxy) is 1. The average Bonchev–Trinajstić information content (AvgIpc) is 3.01. The van der Waals surface area contributed by atoms with Gasteiger partial charge in [0.05, 0.1) is 6.10 Å². The molecule has 2 N–H and O–H groups in total. The number of hydrogen-bond acceptors (Lipinski definition) is 4. The lowest BCUT2D eigenvalue weighted by Gasteiger charge is -2.16. The topological polar surface area (TPSA) is 66.0 Å². The zero-order valence-electron chi connectivity index (χ0n) is 14.1. The molecule has 1 aliphatic rings. The lowest BCUT2D eigenvalue weighted by Crippen LogP contribution is -2.42. The highest BCUT2D eigenvalue weighted by molar-refractivity contribution is 7.98. The van der Waals surface area contributed by atoms with Crippen LogP contribution in [0.1, 0.15) is 25.7 Å². The number of carbonyl (C=O) groups excluding carboxylic acids is 1. The molecule has 1 rings (SSSR count). The van der Waals surface area contributed by atoms with Crippen molar-refractivity contribution >= 4 is 23.6 Å². The number of aliphatic imine (C=N–C) groups is 1. The minimum absolute atomic E-state index is 0.000555. The predicted octanol–water partition coefficient (Wildman–Crippen LogP) is 0.932. The van der Waals surface area contributed by atoms with Gasteiger partial charge in [-0.2, -0.15) is 11.8 Å². The number of guanidine groups is 1. The highest BCUT2D eigenvalue weighted by atomic mass is 32.2. The van der Waals surface area contributed by atoms with Crippen molar-refractivity contribution in [2.75, 3.05) is 52.3 Å². The fourth-order valence-corrected chi connectivity index (χ4v) is 2.55. The van der Waals surface area contributed by atoms with E-state index >= 15 is 0 Å².